The summed E-state index contributed by atoms with van der Waals surface area (Å²) in [5.74, 6) is 2.38. The molecule has 27 heavy (non-hydrogen) atoms. The van der Waals surface area contributed by atoms with Gasteiger partial charge in [-0.05, 0) is 13.8 Å². The third-order valence-corrected chi connectivity index (χ3v) is 5.80. The van der Waals surface area contributed by atoms with Gasteiger partial charge in [0.2, 0.25) is 0 Å². The fourth-order valence-corrected chi connectivity index (χ4v) is 4.44. The molecule has 2 saturated heterocycles. The molecule has 0 aliphatic carbocycles. The van der Waals surface area contributed by atoms with Crippen LogP contribution in [-0.2, 0) is 7.05 Å². The topological polar surface area (TPSA) is 93.2 Å². The first kappa shape index (κ1) is 16.2. The van der Waals surface area contributed by atoms with Crippen LogP contribution in [-0.4, -0.2) is 61.7 Å². The molecule has 3 aromatic heterocycles. The van der Waals surface area contributed by atoms with Crippen molar-refractivity contribution in [1.82, 2.24) is 29.6 Å². The van der Waals surface area contributed by atoms with E-state index in [0.29, 0.717) is 28.9 Å². The van der Waals surface area contributed by atoms with E-state index in [-0.39, 0.29) is 5.91 Å². The number of hydrogen-bond acceptors (Lipinski definition) is 7. The number of rotatable bonds is 2. The van der Waals surface area contributed by atoms with Crippen LogP contribution >= 0.6 is 0 Å². The number of fused-ring (bicyclic) bond motifs is 2. The molecular weight excluding hydrogens is 346 g/mol. The molecule has 3 aromatic rings. The van der Waals surface area contributed by atoms with Gasteiger partial charge in [0.15, 0.2) is 17.0 Å². The third-order valence-electron chi connectivity index (χ3n) is 5.80. The first-order valence-corrected chi connectivity index (χ1v) is 9.12. The van der Waals surface area contributed by atoms with E-state index in [0.717, 1.165) is 43.2 Å². The van der Waals surface area contributed by atoms with Crippen LogP contribution in [0.3, 0.4) is 0 Å². The van der Waals surface area contributed by atoms with Crippen LogP contribution in [0.15, 0.2) is 17.2 Å². The van der Waals surface area contributed by atoms with Gasteiger partial charge in [0.1, 0.15) is 17.7 Å². The molecule has 0 N–H and O–H groups in total. The van der Waals surface area contributed by atoms with E-state index in [4.69, 9.17) is 4.52 Å². The van der Waals surface area contributed by atoms with Gasteiger partial charge >= 0.3 is 0 Å². The Kier molecular flexibility index (Phi) is 3.46. The number of aromatic nitrogens is 5. The molecule has 9 heteroatoms. The molecule has 0 radical (unpaired) electrons. The molecule has 2 aliphatic heterocycles. The van der Waals surface area contributed by atoms with E-state index in [1.54, 1.807) is 19.6 Å². The molecule has 2 aliphatic rings. The number of imidazole rings is 1. The minimum absolute atomic E-state index is 0.0290. The van der Waals surface area contributed by atoms with Gasteiger partial charge in [-0.2, -0.15) is 0 Å². The van der Waals surface area contributed by atoms with Crippen LogP contribution in [0, 0.1) is 25.7 Å². The van der Waals surface area contributed by atoms with Crippen LogP contribution in [0.5, 0.6) is 0 Å². The molecule has 2 atom stereocenters. The number of aryl methyl sites for hydroxylation is 3. The van der Waals surface area contributed by atoms with Crippen molar-refractivity contribution in [3.8, 4) is 0 Å². The highest BCUT2D eigenvalue weighted by Gasteiger charge is 2.43. The van der Waals surface area contributed by atoms with Gasteiger partial charge in [0, 0.05) is 45.1 Å². The number of carbonyl (C=O) groups excluding carboxylic acids is 1. The van der Waals surface area contributed by atoms with Gasteiger partial charge in [-0.25, -0.2) is 15.0 Å². The van der Waals surface area contributed by atoms with Gasteiger partial charge in [0.05, 0.1) is 12.0 Å². The minimum Gasteiger partial charge on any atom is -0.361 e. The highest BCUT2D eigenvalue weighted by atomic mass is 16.5. The van der Waals surface area contributed by atoms with Crippen LogP contribution in [0.4, 0.5) is 5.82 Å². The van der Waals surface area contributed by atoms with E-state index in [2.05, 4.69) is 25.0 Å². The number of likely N-dealkylation sites (tertiary alicyclic amines) is 1. The highest BCUT2D eigenvalue weighted by Crippen LogP contribution is 2.35. The Labute approximate surface area is 156 Å². The molecule has 9 nitrogen and oxygen atoms in total. The molecule has 2 unspecified atom stereocenters. The zero-order valence-electron chi connectivity index (χ0n) is 15.6. The fraction of sp³-hybridized carbons (Fsp3) is 0.500. The Morgan fingerprint density at radius 3 is 2.52 bits per heavy atom. The second-order valence-corrected chi connectivity index (χ2v) is 7.56. The maximum Gasteiger partial charge on any atom is 0.259 e. The lowest BCUT2D eigenvalue weighted by Crippen LogP contribution is -2.34. The summed E-state index contributed by atoms with van der Waals surface area (Å²) in [5, 5.41) is 3.91. The molecular formula is C18H21N7O2. The molecule has 1 amide bonds. The van der Waals surface area contributed by atoms with Crippen LogP contribution in [0.25, 0.3) is 11.2 Å². The highest BCUT2D eigenvalue weighted by molar-refractivity contribution is 5.96. The van der Waals surface area contributed by atoms with E-state index < -0.39 is 0 Å². The summed E-state index contributed by atoms with van der Waals surface area (Å²) in [6, 6.07) is 0. The summed E-state index contributed by atoms with van der Waals surface area (Å²) in [4.78, 5) is 30.4. The lowest BCUT2D eigenvalue weighted by Gasteiger charge is -2.22. The average molecular weight is 367 g/mol. The van der Waals surface area contributed by atoms with Gasteiger partial charge in [-0.15, -0.1) is 0 Å². The Morgan fingerprint density at radius 2 is 1.85 bits per heavy atom. The Morgan fingerprint density at radius 1 is 1.11 bits per heavy atom. The molecule has 2 fully saturated rings. The average Bonchev–Trinajstić information content (AvgIpc) is 3.38. The van der Waals surface area contributed by atoms with Crippen molar-refractivity contribution in [3.05, 3.63) is 29.7 Å². The van der Waals surface area contributed by atoms with E-state index in [1.807, 2.05) is 23.4 Å². The van der Waals surface area contributed by atoms with Crippen molar-refractivity contribution in [2.45, 2.75) is 13.8 Å². The molecule has 5 heterocycles. The largest absolute Gasteiger partial charge is 0.361 e. The van der Waals surface area contributed by atoms with Crippen LogP contribution in [0.2, 0.25) is 0 Å². The van der Waals surface area contributed by atoms with Gasteiger partial charge < -0.3 is 18.9 Å². The van der Waals surface area contributed by atoms with Gasteiger partial charge in [-0.3, -0.25) is 4.79 Å². The van der Waals surface area contributed by atoms with Crippen molar-refractivity contribution in [2.75, 3.05) is 31.1 Å². The number of amides is 1. The Bertz CT molecular complexity index is 1010. The molecule has 0 spiro atoms. The molecule has 0 bridgehead atoms. The first-order chi connectivity index (χ1) is 13.0. The fourth-order valence-electron chi connectivity index (χ4n) is 4.44. The monoisotopic (exact) mass is 367 g/mol. The predicted molar refractivity (Wildman–Crippen MR) is 97.4 cm³/mol. The zero-order valence-corrected chi connectivity index (χ0v) is 15.6. The minimum atomic E-state index is 0.0290. The SMILES string of the molecule is Cc1noc(C)c1C(=O)N1CC2CN(c3ncnc4c3ncn4C)CC2C1. The molecule has 0 aromatic carbocycles. The van der Waals surface area contributed by atoms with Gasteiger partial charge in [0.25, 0.3) is 5.91 Å². The summed E-state index contributed by atoms with van der Waals surface area (Å²) in [7, 11) is 1.93. The quantitative estimate of drug-likeness (QED) is 0.671. The summed E-state index contributed by atoms with van der Waals surface area (Å²) in [5.41, 5.74) is 2.95. The summed E-state index contributed by atoms with van der Waals surface area (Å²) >= 11 is 0. The van der Waals surface area contributed by atoms with Crippen LogP contribution < -0.4 is 4.90 Å². The molecule has 140 valence electrons. The van der Waals surface area contributed by atoms with E-state index in [1.165, 1.54) is 0 Å². The van der Waals surface area contributed by atoms with Crippen LogP contribution in [0.1, 0.15) is 21.8 Å². The Hall–Kier alpha value is -2.97. The second kappa shape index (κ2) is 5.77. The number of anilines is 1. The number of nitrogens with zero attached hydrogens (tertiary/aromatic N) is 7. The standard InChI is InChI=1S/C18H21N7O2/c1-10-14(11(2)27-22-10)18(26)25-6-12-4-24(5-13(12)7-25)17-15-16(19-8-20-17)23(3)9-21-15/h8-9,12-13H,4-7H2,1-3H3. The van der Waals surface area contributed by atoms with Gasteiger partial charge in [-0.1, -0.05) is 5.16 Å². The van der Waals surface area contributed by atoms with Crippen molar-refractivity contribution in [3.63, 3.8) is 0 Å². The second-order valence-electron chi connectivity index (χ2n) is 7.56. The predicted octanol–water partition coefficient (Wildman–Crippen LogP) is 1.18. The maximum absolute atomic E-state index is 12.9. The van der Waals surface area contributed by atoms with Crippen molar-refractivity contribution in [2.24, 2.45) is 18.9 Å². The van der Waals surface area contributed by atoms with E-state index in [9.17, 15) is 4.79 Å². The third kappa shape index (κ3) is 2.41. The van der Waals surface area contributed by atoms with Crippen molar-refractivity contribution < 1.29 is 9.32 Å². The smallest absolute Gasteiger partial charge is 0.259 e. The normalized spacial score (nSPS) is 22.0. The number of carbonyl (C=O) groups is 1. The lowest BCUT2D eigenvalue weighted by atomic mass is 10.0. The van der Waals surface area contributed by atoms with Crippen molar-refractivity contribution >= 4 is 22.9 Å². The molecule has 5 rings (SSSR count). The van der Waals surface area contributed by atoms with E-state index >= 15 is 0 Å². The zero-order chi connectivity index (χ0) is 18.7. The lowest BCUT2D eigenvalue weighted by molar-refractivity contribution is 0.0780. The maximum atomic E-state index is 12.9. The summed E-state index contributed by atoms with van der Waals surface area (Å²) < 4.78 is 7.06. The van der Waals surface area contributed by atoms with Crippen molar-refractivity contribution in [1.29, 1.82) is 0 Å². The first-order valence-electron chi connectivity index (χ1n) is 9.12. The Balaban J connectivity index is 1.34. The summed E-state index contributed by atoms with van der Waals surface area (Å²) in [6.07, 6.45) is 3.37. The summed E-state index contributed by atoms with van der Waals surface area (Å²) in [6.45, 7) is 6.85. The number of hydrogen-bond donors (Lipinski definition) is 0. The molecule has 0 saturated carbocycles.